The zero-order chi connectivity index (χ0) is 19.4. The molecule has 0 radical (unpaired) electrons. The minimum atomic E-state index is -0.581. The van der Waals surface area contributed by atoms with Gasteiger partial charge in [0.2, 0.25) is 5.91 Å². The number of carbonyl (C=O) groups is 1. The van der Waals surface area contributed by atoms with Crippen molar-refractivity contribution in [2.24, 2.45) is 0 Å². The van der Waals surface area contributed by atoms with Crippen LogP contribution in [-0.2, 0) is 11.3 Å². The van der Waals surface area contributed by atoms with E-state index in [1.165, 1.54) is 30.0 Å². The van der Waals surface area contributed by atoms with E-state index in [0.717, 1.165) is 0 Å². The molecular formula is C16H14ClN5O4S. The Bertz CT molecular complexity index is 973. The fourth-order valence-electron chi connectivity index (χ4n) is 2.35. The van der Waals surface area contributed by atoms with Crippen LogP contribution in [0.2, 0.25) is 5.02 Å². The summed E-state index contributed by atoms with van der Waals surface area (Å²) in [5, 5.41) is 22.6. The summed E-state index contributed by atoms with van der Waals surface area (Å²) in [6, 6.07) is 7.50. The zero-order valence-corrected chi connectivity index (χ0v) is 15.7. The van der Waals surface area contributed by atoms with Crippen molar-refractivity contribution in [3.05, 3.63) is 51.7 Å². The summed E-state index contributed by atoms with van der Waals surface area (Å²) in [4.78, 5) is 22.7. The van der Waals surface area contributed by atoms with Gasteiger partial charge in [-0.3, -0.25) is 19.5 Å². The Labute approximate surface area is 162 Å². The highest BCUT2D eigenvalue weighted by Gasteiger charge is 2.19. The fraction of sp³-hybridized carbons (Fsp3) is 0.188. The molecule has 0 aliphatic carbocycles. The SMILES string of the molecule is CCn1c(SCC(=O)Nc2cc(Cl)ccc2[N+](=O)[O-])nnc1-c1ccco1. The summed E-state index contributed by atoms with van der Waals surface area (Å²) in [6.45, 7) is 2.52. The van der Waals surface area contributed by atoms with Crippen molar-refractivity contribution in [2.75, 3.05) is 11.1 Å². The lowest BCUT2D eigenvalue weighted by Gasteiger charge is -2.07. The van der Waals surface area contributed by atoms with Crippen LogP contribution in [0.5, 0.6) is 0 Å². The van der Waals surface area contributed by atoms with E-state index in [2.05, 4.69) is 15.5 Å². The van der Waals surface area contributed by atoms with E-state index in [9.17, 15) is 14.9 Å². The number of furan rings is 1. The van der Waals surface area contributed by atoms with Crippen molar-refractivity contribution in [3.8, 4) is 11.6 Å². The summed E-state index contributed by atoms with van der Waals surface area (Å²) >= 11 is 7.03. The molecule has 0 unspecified atom stereocenters. The third-order valence-corrected chi connectivity index (χ3v) is 4.74. The average molecular weight is 408 g/mol. The van der Waals surface area contributed by atoms with E-state index in [1.807, 2.05) is 11.5 Å². The van der Waals surface area contributed by atoms with Crippen LogP contribution in [-0.4, -0.2) is 31.3 Å². The molecular weight excluding hydrogens is 394 g/mol. The molecule has 1 aromatic carbocycles. The first kappa shape index (κ1) is 18.9. The summed E-state index contributed by atoms with van der Waals surface area (Å²) in [5.74, 6) is 0.724. The molecule has 1 N–H and O–H groups in total. The lowest BCUT2D eigenvalue weighted by molar-refractivity contribution is -0.383. The maximum Gasteiger partial charge on any atom is 0.292 e. The number of rotatable bonds is 7. The van der Waals surface area contributed by atoms with E-state index in [-0.39, 0.29) is 22.2 Å². The van der Waals surface area contributed by atoms with Crippen molar-refractivity contribution in [1.29, 1.82) is 0 Å². The third-order valence-electron chi connectivity index (χ3n) is 3.54. The molecule has 0 spiro atoms. The topological polar surface area (TPSA) is 116 Å². The smallest absolute Gasteiger partial charge is 0.292 e. The second-order valence-electron chi connectivity index (χ2n) is 5.28. The van der Waals surface area contributed by atoms with Gasteiger partial charge in [0.1, 0.15) is 5.69 Å². The maximum absolute atomic E-state index is 12.2. The summed E-state index contributed by atoms with van der Waals surface area (Å²) in [7, 11) is 0. The Morgan fingerprint density at radius 2 is 2.22 bits per heavy atom. The molecule has 2 heterocycles. The quantitative estimate of drug-likeness (QED) is 0.359. The van der Waals surface area contributed by atoms with Crippen molar-refractivity contribution >= 4 is 40.6 Å². The van der Waals surface area contributed by atoms with E-state index < -0.39 is 10.8 Å². The molecule has 140 valence electrons. The molecule has 11 heteroatoms. The predicted octanol–water partition coefficient (Wildman–Crippen LogP) is 3.85. The van der Waals surface area contributed by atoms with Gasteiger partial charge in [0.15, 0.2) is 16.7 Å². The first-order valence-corrected chi connectivity index (χ1v) is 9.19. The van der Waals surface area contributed by atoms with Gasteiger partial charge in [-0.15, -0.1) is 10.2 Å². The second kappa shape index (κ2) is 8.23. The Morgan fingerprint density at radius 1 is 1.41 bits per heavy atom. The second-order valence-corrected chi connectivity index (χ2v) is 6.66. The predicted molar refractivity (Wildman–Crippen MR) is 101 cm³/mol. The minimum absolute atomic E-state index is 0.0000439. The molecule has 27 heavy (non-hydrogen) atoms. The third kappa shape index (κ3) is 4.29. The lowest BCUT2D eigenvalue weighted by Crippen LogP contribution is -2.15. The molecule has 9 nitrogen and oxygen atoms in total. The number of benzene rings is 1. The number of halogens is 1. The number of hydrogen-bond acceptors (Lipinski definition) is 7. The molecule has 0 saturated heterocycles. The van der Waals surface area contributed by atoms with E-state index in [1.54, 1.807) is 18.4 Å². The Morgan fingerprint density at radius 3 is 2.89 bits per heavy atom. The number of carbonyl (C=O) groups excluding carboxylic acids is 1. The largest absolute Gasteiger partial charge is 0.461 e. The van der Waals surface area contributed by atoms with Gasteiger partial charge >= 0.3 is 0 Å². The van der Waals surface area contributed by atoms with Gasteiger partial charge in [0.05, 0.1) is 16.9 Å². The van der Waals surface area contributed by atoms with Gasteiger partial charge in [-0.05, 0) is 31.2 Å². The number of nitrogens with one attached hydrogen (secondary N) is 1. The first-order chi connectivity index (χ1) is 13.0. The molecule has 0 aliphatic heterocycles. The molecule has 0 bridgehead atoms. The van der Waals surface area contributed by atoms with Crippen LogP contribution in [0, 0.1) is 10.1 Å². The first-order valence-electron chi connectivity index (χ1n) is 7.83. The average Bonchev–Trinajstić information content (AvgIpc) is 3.28. The fourth-order valence-corrected chi connectivity index (χ4v) is 3.33. The highest BCUT2D eigenvalue weighted by Crippen LogP contribution is 2.28. The van der Waals surface area contributed by atoms with Crippen LogP contribution in [0.3, 0.4) is 0 Å². The van der Waals surface area contributed by atoms with Crippen LogP contribution >= 0.6 is 23.4 Å². The van der Waals surface area contributed by atoms with Gasteiger partial charge in [0.25, 0.3) is 5.69 Å². The van der Waals surface area contributed by atoms with Crippen LogP contribution in [0.4, 0.5) is 11.4 Å². The number of nitrogens with zero attached hydrogens (tertiary/aromatic N) is 4. The summed E-state index contributed by atoms with van der Waals surface area (Å²) in [5.41, 5.74) is -0.180. The van der Waals surface area contributed by atoms with Crippen LogP contribution in [0.1, 0.15) is 6.92 Å². The Hall–Kier alpha value is -2.85. The van der Waals surface area contributed by atoms with E-state index in [0.29, 0.717) is 23.3 Å². The van der Waals surface area contributed by atoms with Crippen molar-refractivity contribution < 1.29 is 14.1 Å². The van der Waals surface area contributed by atoms with Gasteiger partial charge in [-0.1, -0.05) is 23.4 Å². The monoisotopic (exact) mass is 407 g/mol. The van der Waals surface area contributed by atoms with Gasteiger partial charge in [-0.25, -0.2) is 0 Å². The molecule has 1 amide bonds. The van der Waals surface area contributed by atoms with E-state index in [4.69, 9.17) is 16.0 Å². The number of hydrogen-bond donors (Lipinski definition) is 1. The van der Waals surface area contributed by atoms with Crippen molar-refractivity contribution in [2.45, 2.75) is 18.6 Å². The van der Waals surface area contributed by atoms with Crippen LogP contribution in [0.15, 0.2) is 46.2 Å². The number of nitro groups is 1. The van der Waals surface area contributed by atoms with Gasteiger partial charge in [0, 0.05) is 17.6 Å². The molecule has 0 aliphatic rings. The minimum Gasteiger partial charge on any atom is -0.461 e. The number of amides is 1. The van der Waals surface area contributed by atoms with Crippen molar-refractivity contribution in [1.82, 2.24) is 14.8 Å². The normalized spacial score (nSPS) is 10.7. The lowest BCUT2D eigenvalue weighted by atomic mass is 10.2. The highest BCUT2D eigenvalue weighted by molar-refractivity contribution is 7.99. The number of nitro benzene ring substituents is 1. The van der Waals surface area contributed by atoms with Crippen LogP contribution < -0.4 is 5.32 Å². The van der Waals surface area contributed by atoms with Crippen LogP contribution in [0.25, 0.3) is 11.6 Å². The number of anilines is 1. The summed E-state index contributed by atoms with van der Waals surface area (Å²) < 4.78 is 7.16. The molecule has 0 fully saturated rings. The Kier molecular flexibility index (Phi) is 5.77. The Balaban J connectivity index is 1.70. The number of thioether (sulfide) groups is 1. The molecule has 2 aromatic heterocycles. The zero-order valence-electron chi connectivity index (χ0n) is 14.1. The molecule has 0 atom stereocenters. The summed E-state index contributed by atoms with van der Waals surface area (Å²) in [6.07, 6.45) is 1.54. The molecule has 3 aromatic rings. The molecule has 0 saturated carbocycles. The van der Waals surface area contributed by atoms with Gasteiger partial charge < -0.3 is 9.73 Å². The molecule has 3 rings (SSSR count). The number of aromatic nitrogens is 3. The van der Waals surface area contributed by atoms with Crippen molar-refractivity contribution in [3.63, 3.8) is 0 Å². The standard InChI is InChI=1S/C16H14ClN5O4S/c1-2-21-15(13-4-3-7-26-13)19-20-16(21)27-9-14(23)18-11-8-10(17)5-6-12(11)22(24)25/h3-8H,2,9H2,1H3,(H,18,23). The van der Waals surface area contributed by atoms with E-state index >= 15 is 0 Å². The maximum atomic E-state index is 12.2. The van der Waals surface area contributed by atoms with Gasteiger partial charge in [-0.2, -0.15) is 0 Å². The highest BCUT2D eigenvalue weighted by atomic mass is 35.5.